The number of thiophene rings is 1. The summed E-state index contributed by atoms with van der Waals surface area (Å²) in [4.78, 5) is 15.6. The molecular formula is C51H30N4S. The minimum atomic E-state index is 0.653. The van der Waals surface area contributed by atoms with Crippen LogP contribution < -0.4 is 0 Å². The van der Waals surface area contributed by atoms with Gasteiger partial charge in [-0.1, -0.05) is 140 Å². The van der Waals surface area contributed by atoms with Gasteiger partial charge in [0, 0.05) is 53.3 Å². The van der Waals surface area contributed by atoms with Crippen molar-refractivity contribution in [2.24, 2.45) is 0 Å². The Hall–Kier alpha value is -7.21. The van der Waals surface area contributed by atoms with Crippen LogP contribution >= 0.6 is 11.3 Å². The topological polar surface area (TPSA) is 43.6 Å². The summed E-state index contributed by atoms with van der Waals surface area (Å²) in [5.74, 6) is 1.97. The van der Waals surface area contributed by atoms with E-state index < -0.39 is 0 Å². The third-order valence-electron chi connectivity index (χ3n) is 11.2. The number of aromatic nitrogens is 4. The van der Waals surface area contributed by atoms with Crippen LogP contribution in [0.2, 0.25) is 0 Å². The van der Waals surface area contributed by atoms with Crippen LogP contribution in [0.3, 0.4) is 0 Å². The van der Waals surface area contributed by atoms with Gasteiger partial charge in [-0.15, -0.1) is 11.3 Å². The van der Waals surface area contributed by atoms with E-state index in [2.05, 4.69) is 150 Å². The van der Waals surface area contributed by atoms with Crippen LogP contribution in [-0.2, 0) is 0 Å². The van der Waals surface area contributed by atoms with Crippen molar-refractivity contribution in [1.29, 1.82) is 0 Å². The fraction of sp³-hybridized carbons (Fsp3) is 0. The Kier molecular flexibility index (Phi) is 6.76. The molecule has 12 aromatic rings. The first-order valence-electron chi connectivity index (χ1n) is 18.9. The van der Waals surface area contributed by atoms with Gasteiger partial charge in [0.25, 0.3) is 0 Å². The van der Waals surface area contributed by atoms with E-state index in [1.807, 2.05) is 47.7 Å². The van der Waals surface area contributed by atoms with Gasteiger partial charge < -0.3 is 4.57 Å². The summed E-state index contributed by atoms with van der Waals surface area (Å²) in [7, 11) is 0. The van der Waals surface area contributed by atoms with Crippen LogP contribution in [0.15, 0.2) is 182 Å². The second-order valence-corrected chi connectivity index (χ2v) is 15.5. The maximum atomic E-state index is 5.28. The molecule has 0 N–H and O–H groups in total. The summed E-state index contributed by atoms with van der Waals surface area (Å²) in [5, 5.41) is 12.1. The van der Waals surface area contributed by atoms with Gasteiger partial charge in [0.15, 0.2) is 17.5 Å². The highest BCUT2D eigenvalue weighted by Gasteiger charge is 2.22. The molecule has 12 rings (SSSR count). The second kappa shape index (κ2) is 12.2. The van der Waals surface area contributed by atoms with E-state index >= 15 is 0 Å². The lowest BCUT2D eigenvalue weighted by molar-refractivity contribution is 1.08. The molecule has 9 aromatic carbocycles. The van der Waals surface area contributed by atoms with E-state index in [4.69, 9.17) is 15.0 Å². The molecule has 260 valence electrons. The molecule has 0 radical (unpaired) electrons. The Bertz CT molecular complexity index is 3470. The average Bonchev–Trinajstić information content (AvgIpc) is 3.79. The maximum Gasteiger partial charge on any atom is 0.165 e. The van der Waals surface area contributed by atoms with Gasteiger partial charge in [-0.25, -0.2) is 15.0 Å². The van der Waals surface area contributed by atoms with Crippen LogP contribution in [0.4, 0.5) is 0 Å². The van der Waals surface area contributed by atoms with Gasteiger partial charge in [0.2, 0.25) is 0 Å². The van der Waals surface area contributed by atoms with Gasteiger partial charge >= 0.3 is 0 Å². The monoisotopic (exact) mass is 730 g/mol. The summed E-state index contributed by atoms with van der Waals surface area (Å²) in [6.45, 7) is 0. The van der Waals surface area contributed by atoms with Crippen LogP contribution in [-0.4, -0.2) is 19.5 Å². The molecule has 0 atom stereocenters. The number of fused-ring (bicyclic) bond motifs is 10. The summed E-state index contributed by atoms with van der Waals surface area (Å²) in [5.41, 5.74) is 6.43. The Morgan fingerprint density at radius 2 is 0.964 bits per heavy atom. The van der Waals surface area contributed by atoms with Gasteiger partial charge in [-0.05, 0) is 74.8 Å². The highest BCUT2D eigenvalue weighted by molar-refractivity contribution is 7.26. The Morgan fingerprint density at radius 3 is 1.70 bits per heavy atom. The zero-order valence-electron chi connectivity index (χ0n) is 30.0. The molecule has 0 saturated heterocycles. The minimum Gasteiger partial charge on any atom is -0.309 e. The van der Waals surface area contributed by atoms with Gasteiger partial charge in [0.1, 0.15) is 0 Å². The number of hydrogen-bond acceptors (Lipinski definition) is 4. The lowest BCUT2D eigenvalue weighted by Gasteiger charge is -2.13. The number of hydrogen-bond donors (Lipinski definition) is 0. The number of nitrogens with zero attached hydrogens (tertiary/aromatic N) is 4. The Morgan fingerprint density at radius 1 is 0.357 bits per heavy atom. The highest BCUT2D eigenvalue weighted by Crippen LogP contribution is 2.46. The van der Waals surface area contributed by atoms with Crippen LogP contribution in [0, 0.1) is 0 Å². The van der Waals surface area contributed by atoms with E-state index in [1.165, 1.54) is 58.1 Å². The predicted octanol–water partition coefficient (Wildman–Crippen LogP) is 13.8. The van der Waals surface area contributed by atoms with E-state index in [0.29, 0.717) is 17.5 Å². The third-order valence-corrected chi connectivity index (χ3v) is 12.3. The van der Waals surface area contributed by atoms with E-state index in [-0.39, 0.29) is 0 Å². The summed E-state index contributed by atoms with van der Waals surface area (Å²) < 4.78 is 4.88. The molecule has 0 aliphatic heterocycles. The number of benzene rings is 9. The minimum absolute atomic E-state index is 0.653. The summed E-state index contributed by atoms with van der Waals surface area (Å²) >= 11 is 1.82. The fourth-order valence-corrected chi connectivity index (χ4v) is 9.78. The van der Waals surface area contributed by atoms with Crippen molar-refractivity contribution in [2.75, 3.05) is 0 Å². The molecule has 0 spiro atoms. The number of rotatable bonds is 4. The first-order chi connectivity index (χ1) is 27.7. The standard InChI is InChI=1S/C51H30N4S/c1-3-14-32(15-4-1)49-52-50(33-16-5-2-6-17-33)54-51(53-49)48-39-22-12-10-20-36(39)29-45-47(48)41-30-37(24-26-44(41)56-45)55-42-25-23-31-13-9-11-21-38(31)46(42)40-27-34-18-7-8-19-35(34)28-43(40)55/h1-30H. The molecular weight excluding hydrogens is 701 g/mol. The van der Waals surface area contributed by atoms with Crippen molar-refractivity contribution in [1.82, 2.24) is 19.5 Å². The van der Waals surface area contributed by atoms with E-state index in [0.717, 1.165) is 38.5 Å². The van der Waals surface area contributed by atoms with Crippen LogP contribution in [0.25, 0.3) is 114 Å². The molecule has 56 heavy (non-hydrogen) atoms. The van der Waals surface area contributed by atoms with Gasteiger partial charge in [0.05, 0.1) is 11.0 Å². The quantitative estimate of drug-likeness (QED) is 0.181. The fourth-order valence-electron chi connectivity index (χ4n) is 8.63. The molecule has 0 saturated carbocycles. The van der Waals surface area contributed by atoms with Gasteiger partial charge in [-0.3, -0.25) is 0 Å². The molecule has 0 aliphatic carbocycles. The van der Waals surface area contributed by atoms with Crippen molar-refractivity contribution in [3.8, 4) is 39.9 Å². The predicted molar refractivity (Wildman–Crippen MR) is 236 cm³/mol. The van der Waals surface area contributed by atoms with Crippen molar-refractivity contribution in [3.05, 3.63) is 182 Å². The molecule has 3 aromatic heterocycles. The summed E-state index contributed by atoms with van der Waals surface area (Å²) in [6.07, 6.45) is 0. The average molecular weight is 731 g/mol. The van der Waals surface area contributed by atoms with E-state index in [9.17, 15) is 0 Å². The SMILES string of the molecule is c1ccc(-c2nc(-c3ccccc3)nc(-c3c4ccccc4cc4sc5ccc(-n6c7cc8ccccc8cc7c7c8ccccc8ccc76)cc5c34)n2)cc1. The molecule has 0 amide bonds. The van der Waals surface area contributed by atoms with Crippen LogP contribution in [0.5, 0.6) is 0 Å². The molecule has 0 fully saturated rings. The zero-order chi connectivity index (χ0) is 36.7. The first kappa shape index (κ1) is 31.2. The second-order valence-electron chi connectivity index (χ2n) is 14.4. The Labute approximate surface area is 325 Å². The normalized spacial score (nSPS) is 11.9. The molecule has 0 aliphatic rings. The molecule has 3 heterocycles. The third kappa shape index (κ3) is 4.75. The van der Waals surface area contributed by atoms with Crippen molar-refractivity contribution < 1.29 is 0 Å². The summed E-state index contributed by atoms with van der Waals surface area (Å²) in [6, 6.07) is 65.0. The van der Waals surface area contributed by atoms with E-state index in [1.54, 1.807) is 0 Å². The largest absolute Gasteiger partial charge is 0.309 e. The molecule has 0 bridgehead atoms. The highest BCUT2D eigenvalue weighted by atomic mass is 32.1. The van der Waals surface area contributed by atoms with Crippen LogP contribution in [0.1, 0.15) is 0 Å². The smallest absolute Gasteiger partial charge is 0.165 e. The molecule has 0 unspecified atom stereocenters. The van der Waals surface area contributed by atoms with Gasteiger partial charge in [-0.2, -0.15) is 0 Å². The maximum absolute atomic E-state index is 5.28. The molecule has 5 heteroatoms. The zero-order valence-corrected chi connectivity index (χ0v) is 30.8. The molecule has 4 nitrogen and oxygen atoms in total. The lowest BCUT2D eigenvalue weighted by Crippen LogP contribution is -2.01. The lowest BCUT2D eigenvalue weighted by atomic mass is 9.97. The van der Waals surface area contributed by atoms with Crippen molar-refractivity contribution in [2.45, 2.75) is 0 Å². The van der Waals surface area contributed by atoms with Crippen molar-refractivity contribution >= 4 is 85.6 Å². The first-order valence-corrected chi connectivity index (χ1v) is 19.7. The van der Waals surface area contributed by atoms with Crippen molar-refractivity contribution in [3.63, 3.8) is 0 Å². The Balaban J connectivity index is 1.19.